The monoisotopic (exact) mass is 328 g/mol. The average molecular weight is 328 g/mol. The predicted molar refractivity (Wildman–Crippen MR) is 81.7 cm³/mol. The van der Waals surface area contributed by atoms with Crippen LogP contribution in [0.3, 0.4) is 0 Å². The number of nitrogens with zero attached hydrogens (tertiary/aromatic N) is 2. The van der Waals surface area contributed by atoms with Crippen LogP contribution < -0.4 is 0 Å². The molecule has 0 radical (unpaired) electrons. The van der Waals surface area contributed by atoms with Gasteiger partial charge in [-0.1, -0.05) is 6.07 Å². The lowest BCUT2D eigenvalue weighted by Gasteiger charge is -2.35. The molecule has 7 heteroatoms. The fraction of sp³-hybridized carbons (Fsp3) is 0.643. The molecule has 1 atom stereocenters. The number of amides is 1. The molecular formula is C14H20N2O3S2. The van der Waals surface area contributed by atoms with Crippen molar-refractivity contribution in [2.24, 2.45) is 0 Å². The van der Waals surface area contributed by atoms with Crippen molar-refractivity contribution in [3.05, 3.63) is 17.5 Å². The Kier molecular flexibility index (Phi) is 3.83. The van der Waals surface area contributed by atoms with E-state index in [4.69, 9.17) is 0 Å². The quantitative estimate of drug-likeness (QED) is 0.833. The van der Waals surface area contributed by atoms with E-state index in [-0.39, 0.29) is 11.4 Å². The Morgan fingerprint density at radius 1 is 1.24 bits per heavy atom. The van der Waals surface area contributed by atoms with E-state index in [1.807, 2.05) is 11.9 Å². The lowest BCUT2D eigenvalue weighted by Crippen LogP contribution is -2.44. The van der Waals surface area contributed by atoms with Crippen LogP contribution in [0.15, 0.2) is 21.7 Å². The molecule has 2 aliphatic rings. The van der Waals surface area contributed by atoms with Gasteiger partial charge in [0.15, 0.2) is 0 Å². The Labute approximate surface area is 129 Å². The topological polar surface area (TPSA) is 57.7 Å². The number of carbonyl (C=O) groups is 1. The van der Waals surface area contributed by atoms with E-state index in [2.05, 4.69) is 0 Å². The predicted octanol–water partition coefficient (Wildman–Crippen LogP) is 1.91. The van der Waals surface area contributed by atoms with Gasteiger partial charge in [0.1, 0.15) is 4.21 Å². The van der Waals surface area contributed by atoms with Crippen LogP contribution in [0.25, 0.3) is 0 Å². The number of hydrogen-bond acceptors (Lipinski definition) is 4. The van der Waals surface area contributed by atoms with E-state index in [1.54, 1.807) is 21.8 Å². The first-order chi connectivity index (χ1) is 9.96. The maximum Gasteiger partial charge on any atom is 0.252 e. The Morgan fingerprint density at radius 2 is 2.05 bits per heavy atom. The van der Waals surface area contributed by atoms with Crippen LogP contribution in [0.1, 0.15) is 32.1 Å². The van der Waals surface area contributed by atoms with Crippen LogP contribution in [-0.2, 0) is 14.8 Å². The molecule has 1 aromatic rings. The zero-order valence-electron chi connectivity index (χ0n) is 12.1. The van der Waals surface area contributed by atoms with Crippen molar-refractivity contribution < 1.29 is 13.2 Å². The van der Waals surface area contributed by atoms with Gasteiger partial charge in [0.2, 0.25) is 5.91 Å². The van der Waals surface area contributed by atoms with Gasteiger partial charge in [-0.25, -0.2) is 8.42 Å². The maximum atomic E-state index is 12.6. The third kappa shape index (κ3) is 2.51. The van der Waals surface area contributed by atoms with E-state index in [1.165, 1.54) is 11.3 Å². The lowest BCUT2D eigenvalue weighted by atomic mass is 9.88. The van der Waals surface area contributed by atoms with Crippen LogP contribution in [0, 0.1) is 0 Å². The molecule has 3 rings (SSSR count). The summed E-state index contributed by atoms with van der Waals surface area (Å²) in [4.78, 5) is 13.7. The largest absolute Gasteiger partial charge is 0.340 e. The Bertz CT molecular complexity index is 627. The number of thiophene rings is 1. The van der Waals surface area contributed by atoms with Gasteiger partial charge in [0.05, 0.1) is 0 Å². The molecule has 2 fully saturated rings. The summed E-state index contributed by atoms with van der Waals surface area (Å²) in [7, 11) is -1.51. The van der Waals surface area contributed by atoms with E-state index in [9.17, 15) is 13.2 Å². The fourth-order valence-corrected chi connectivity index (χ4v) is 6.08. The zero-order chi connectivity index (χ0) is 15.1. The van der Waals surface area contributed by atoms with Crippen molar-refractivity contribution >= 4 is 27.3 Å². The number of rotatable bonds is 2. The molecule has 5 nitrogen and oxygen atoms in total. The highest BCUT2D eigenvalue weighted by molar-refractivity contribution is 7.91. The molecule has 21 heavy (non-hydrogen) atoms. The highest BCUT2D eigenvalue weighted by atomic mass is 32.2. The average Bonchev–Trinajstić information content (AvgIpc) is 3.01. The summed E-state index contributed by atoms with van der Waals surface area (Å²) in [5.41, 5.74) is -0.128. The molecule has 1 aromatic heterocycles. The van der Waals surface area contributed by atoms with E-state index < -0.39 is 10.0 Å². The highest BCUT2D eigenvalue weighted by Gasteiger charge is 2.44. The van der Waals surface area contributed by atoms with Crippen LogP contribution in [-0.4, -0.2) is 49.2 Å². The SMILES string of the molecule is CN1C(=O)CC[C@]12CCCN(S(=O)(=O)c1cccs1)CC2. The zero-order valence-corrected chi connectivity index (χ0v) is 13.8. The Hall–Kier alpha value is -0.920. The second-order valence-corrected chi connectivity index (χ2v) is 8.98. The molecule has 1 spiro atoms. The summed E-state index contributed by atoms with van der Waals surface area (Å²) >= 11 is 1.26. The third-order valence-corrected chi connectivity index (χ3v) is 8.13. The summed E-state index contributed by atoms with van der Waals surface area (Å²) in [6.07, 6.45) is 3.89. The van der Waals surface area contributed by atoms with Gasteiger partial charge in [0.25, 0.3) is 10.0 Å². The van der Waals surface area contributed by atoms with Gasteiger partial charge in [0, 0.05) is 32.1 Å². The van der Waals surface area contributed by atoms with Crippen molar-refractivity contribution in [3.63, 3.8) is 0 Å². The number of sulfonamides is 1. The normalized spacial score (nSPS) is 28.2. The van der Waals surface area contributed by atoms with E-state index in [0.29, 0.717) is 23.7 Å². The van der Waals surface area contributed by atoms with Gasteiger partial charge in [-0.2, -0.15) is 4.31 Å². The molecule has 0 aliphatic carbocycles. The second-order valence-electron chi connectivity index (χ2n) is 5.87. The number of hydrogen-bond donors (Lipinski definition) is 0. The summed E-state index contributed by atoms with van der Waals surface area (Å²) in [5.74, 6) is 0.185. The Morgan fingerprint density at radius 3 is 2.67 bits per heavy atom. The molecule has 0 N–H and O–H groups in total. The van der Waals surface area contributed by atoms with Crippen molar-refractivity contribution in [2.75, 3.05) is 20.1 Å². The Balaban J connectivity index is 1.79. The summed E-state index contributed by atoms with van der Waals surface area (Å²) in [6.45, 7) is 1.04. The molecule has 0 unspecified atom stereocenters. The number of likely N-dealkylation sites (tertiary alicyclic amines) is 1. The minimum atomic E-state index is -3.37. The van der Waals surface area contributed by atoms with E-state index in [0.717, 1.165) is 25.7 Å². The van der Waals surface area contributed by atoms with Crippen LogP contribution in [0.2, 0.25) is 0 Å². The molecule has 2 saturated heterocycles. The number of carbonyl (C=O) groups excluding carboxylic acids is 1. The fourth-order valence-electron chi connectivity index (χ4n) is 3.46. The minimum Gasteiger partial charge on any atom is -0.340 e. The molecule has 3 heterocycles. The van der Waals surface area contributed by atoms with Gasteiger partial charge in [-0.15, -0.1) is 11.3 Å². The van der Waals surface area contributed by atoms with Gasteiger partial charge in [-0.3, -0.25) is 4.79 Å². The molecular weight excluding hydrogens is 308 g/mol. The maximum absolute atomic E-state index is 12.6. The molecule has 116 valence electrons. The summed E-state index contributed by atoms with van der Waals surface area (Å²) < 4.78 is 27.2. The second kappa shape index (κ2) is 5.37. The van der Waals surface area contributed by atoms with Crippen LogP contribution in [0.5, 0.6) is 0 Å². The smallest absolute Gasteiger partial charge is 0.252 e. The van der Waals surface area contributed by atoms with Gasteiger partial charge < -0.3 is 4.90 Å². The van der Waals surface area contributed by atoms with Crippen LogP contribution in [0.4, 0.5) is 0 Å². The van der Waals surface area contributed by atoms with Crippen molar-refractivity contribution in [1.29, 1.82) is 0 Å². The van der Waals surface area contributed by atoms with Crippen LogP contribution >= 0.6 is 11.3 Å². The standard InChI is InChI=1S/C14H20N2O3S2/c1-15-12(17)5-7-14(15)6-3-9-16(10-8-14)21(18,19)13-4-2-11-20-13/h2,4,11H,3,5-10H2,1H3/t14-/m0/s1. The van der Waals surface area contributed by atoms with Gasteiger partial charge in [-0.05, 0) is 37.1 Å². The molecule has 0 aromatic carbocycles. The first-order valence-electron chi connectivity index (χ1n) is 7.26. The molecule has 0 saturated carbocycles. The lowest BCUT2D eigenvalue weighted by molar-refractivity contribution is -0.129. The minimum absolute atomic E-state index is 0.128. The van der Waals surface area contributed by atoms with Crippen molar-refractivity contribution in [2.45, 2.75) is 41.9 Å². The van der Waals surface area contributed by atoms with Gasteiger partial charge >= 0.3 is 0 Å². The molecule has 2 aliphatic heterocycles. The molecule has 1 amide bonds. The summed E-state index contributed by atoms with van der Waals surface area (Å²) in [5, 5.41) is 1.79. The first-order valence-corrected chi connectivity index (χ1v) is 9.58. The van der Waals surface area contributed by atoms with Crippen molar-refractivity contribution in [3.8, 4) is 0 Å². The highest BCUT2D eigenvalue weighted by Crippen LogP contribution is 2.38. The van der Waals surface area contributed by atoms with Crippen molar-refractivity contribution in [1.82, 2.24) is 9.21 Å². The summed E-state index contributed by atoms with van der Waals surface area (Å²) in [6, 6.07) is 3.42. The first kappa shape index (κ1) is 15.0. The molecule has 0 bridgehead atoms. The third-order valence-electron chi connectivity index (χ3n) is 4.86. The van der Waals surface area contributed by atoms with E-state index >= 15 is 0 Å².